The molecule has 8 rings (SSSR count). The highest BCUT2D eigenvalue weighted by molar-refractivity contribution is 6.06. The lowest BCUT2D eigenvalue weighted by molar-refractivity contribution is -0.144. The molecule has 3 N–H and O–H groups in total. The molecule has 1 saturated carbocycles. The van der Waals surface area contributed by atoms with Gasteiger partial charge in [0.25, 0.3) is 11.8 Å². The fourth-order valence-corrected chi connectivity index (χ4v) is 10.5. The Morgan fingerprint density at radius 1 is 0.652 bits per heavy atom. The number of likely N-dealkylation sites (tertiary alicyclic amines) is 2. The molecule has 5 amide bonds. The van der Waals surface area contributed by atoms with Crippen molar-refractivity contribution in [1.82, 2.24) is 20.0 Å². The van der Waals surface area contributed by atoms with E-state index < -0.39 is 17.4 Å². The molecule has 340 valence electrons. The Bertz CT molecular complexity index is 2560. The van der Waals surface area contributed by atoms with Gasteiger partial charge < -0.3 is 25.8 Å². The van der Waals surface area contributed by atoms with Crippen LogP contribution in [0.1, 0.15) is 124 Å². The first-order chi connectivity index (χ1) is 32.0. The third-order valence-electron chi connectivity index (χ3n) is 14.5. The number of piperazine rings is 1. The maximum atomic E-state index is 15.1. The predicted octanol–water partition coefficient (Wildman–Crippen LogP) is 7.41. The number of carbonyl (C=O) groups is 5. The van der Waals surface area contributed by atoms with Gasteiger partial charge >= 0.3 is 0 Å². The molecule has 1 unspecified atom stereocenters. The van der Waals surface area contributed by atoms with Crippen LogP contribution in [-0.4, -0.2) is 96.1 Å². The highest BCUT2D eigenvalue weighted by Gasteiger charge is 2.53. The number of hydrogen-bond acceptors (Lipinski definition) is 8. The van der Waals surface area contributed by atoms with Crippen molar-refractivity contribution in [3.8, 4) is 12.1 Å². The second-order valence-electron chi connectivity index (χ2n) is 18.5. The maximum Gasteiger partial charge on any atom is 0.253 e. The quantitative estimate of drug-likeness (QED) is 0.147. The number of aryl methyl sites for hydroxylation is 2. The molecule has 3 saturated heterocycles. The largest absolute Gasteiger partial charge is 0.354 e. The molecule has 0 bridgehead atoms. The van der Waals surface area contributed by atoms with Crippen molar-refractivity contribution in [3.63, 3.8) is 0 Å². The summed E-state index contributed by atoms with van der Waals surface area (Å²) in [5.74, 6) is -0.615. The van der Waals surface area contributed by atoms with Crippen molar-refractivity contribution in [2.24, 2.45) is 5.41 Å². The van der Waals surface area contributed by atoms with Gasteiger partial charge in [0, 0.05) is 61.8 Å². The molecule has 1 atom stereocenters. The third kappa shape index (κ3) is 9.87. The average molecular weight is 887 g/mol. The van der Waals surface area contributed by atoms with E-state index >= 15 is 9.59 Å². The number of nitrogens with zero attached hydrogens (tertiary/aromatic N) is 5. The van der Waals surface area contributed by atoms with Crippen molar-refractivity contribution in [2.45, 2.75) is 89.5 Å². The van der Waals surface area contributed by atoms with Crippen LogP contribution in [0.4, 0.5) is 11.4 Å². The van der Waals surface area contributed by atoms with Crippen LogP contribution < -0.4 is 16.0 Å². The van der Waals surface area contributed by atoms with Crippen LogP contribution in [0.25, 0.3) is 0 Å². The normalized spacial score (nSPS) is 18.6. The van der Waals surface area contributed by atoms with Gasteiger partial charge in [0.1, 0.15) is 6.04 Å². The summed E-state index contributed by atoms with van der Waals surface area (Å²) in [5, 5.41) is 27.6. The van der Waals surface area contributed by atoms with Gasteiger partial charge in [-0.25, -0.2) is 0 Å². The van der Waals surface area contributed by atoms with E-state index in [9.17, 15) is 24.9 Å². The molecule has 3 aliphatic heterocycles. The Morgan fingerprint density at radius 3 is 1.58 bits per heavy atom. The fourth-order valence-electron chi connectivity index (χ4n) is 10.5. The molecular weight excluding hydrogens is 829 g/mol. The van der Waals surface area contributed by atoms with E-state index in [0.717, 1.165) is 61.6 Å². The van der Waals surface area contributed by atoms with Gasteiger partial charge in [-0.1, -0.05) is 55.7 Å². The van der Waals surface area contributed by atoms with Gasteiger partial charge in [-0.3, -0.25) is 28.9 Å². The number of nitriles is 2. The molecule has 4 fully saturated rings. The first kappa shape index (κ1) is 45.7. The molecule has 4 aromatic carbocycles. The Labute approximate surface area is 387 Å². The monoisotopic (exact) mass is 886 g/mol. The molecule has 0 spiro atoms. The molecule has 13 heteroatoms. The Kier molecular flexibility index (Phi) is 14.0. The van der Waals surface area contributed by atoms with Crippen LogP contribution in [0.5, 0.6) is 0 Å². The number of nitrogens with one attached hydrogen (secondary N) is 3. The van der Waals surface area contributed by atoms with E-state index in [1.54, 1.807) is 24.3 Å². The molecule has 0 aromatic heterocycles. The minimum Gasteiger partial charge on any atom is -0.354 e. The van der Waals surface area contributed by atoms with E-state index in [-0.39, 0.29) is 30.2 Å². The number of anilines is 2. The first-order valence-electron chi connectivity index (χ1n) is 23.4. The molecule has 13 nitrogen and oxygen atoms in total. The van der Waals surface area contributed by atoms with E-state index in [2.05, 4.69) is 28.1 Å². The van der Waals surface area contributed by atoms with Crippen LogP contribution in [0.2, 0.25) is 0 Å². The number of piperidine rings is 2. The van der Waals surface area contributed by atoms with E-state index in [4.69, 9.17) is 0 Å². The van der Waals surface area contributed by atoms with E-state index in [0.29, 0.717) is 97.6 Å². The molecular formula is C53H58N8O5. The van der Waals surface area contributed by atoms with Crippen molar-refractivity contribution in [1.29, 1.82) is 10.5 Å². The zero-order chi connectivity index (χ0) is 46.4. The van der Waals surface area contributed by atoms with Crippen LogP contribution in [-0.2, 0) is 14.4 Å². The number of rotatable bonds is 10. The number of hydrogen-bond donors (Lipinski definition) is 3. The summed E-state index contributed by atoms with van der Waals surface area (Å²) in [6.07, 6.45) is 6.39. The maximum absolute atomic E-state index is 15.1. The van der Waals surface area contributed by atoms with E-state index in [1.807, 2.05) is 89.2 Å². The van der Waals surface area contributed by atoms with Gasteiger partial charge in [-0.2, -0.15) is 10.5 Å². The molecule has 4 aromatic rings. The lowest BCUT2D eigenvalue weighted by Gasteiger charge is -2.46. The van der Waals surface area contributed by atoms with Crippen LogP contribution in [0, 0.1) is 41.9 Å². The second-order valence-corrected chi connectivity index (χ2v) is 18.5. The van der Waals surface area contributed by atoms with Crippen molar-refractivity contribution < 1.29 is 24.0 Å². The minimum absolute atomic E-state index is 0.0477. The summed E-state index contributed by atoms with van der Waals surface area (Å²) in [6.45, 7) is 6.73. The summed E-state index contributed by atoms with van der Waals surface area (Å²) in [6, 6.07) is 29.3. The van der Waals surface area contributed by atoms with Gasteiger partial charge in [0.05, 0.1) is 35.2 Å². The molecule has 0 radical (unpaired) electrons. The van der Waals surface area contributed by atoms with Gasteiger partial charge in [-0.05, 0) is 135 Å². The van der Waals surface area contributed by atoms with Crippen LogP contribution >= 0.6 is 0 Å². The SMILES string of the molecule is Cc1ccc(C(=O)N2CCC(c3ccc(C#N)cc3)CC2)cc1NC(=O)C(N1CCNC(=O)C1)C1(C(=O)Nc2cc(C(=O)N3CCC(c4ccc(C#N)cc4)CC3)ccc2C)CCCCC1. The summed E-state index contributed by atoms with van der Waals surface area (Å²) in [4.78, 5) is 76.5. The first-order valence-corrected chi connectivity index (χ1v) is 23.4. The highest BCUT2D eigenvalue weighted by Crippen LogP contribution is 2.44. The predicted molar refractivity (Wildman–Crippen MR) is 252 cm³/mol. The molecule has 3 heterocycles. The highest BCUT2D eigenvalue weighted by atomic mass is 16.2. The van der Waals surface area contributed by atoms with Gasteiger partial charge in [-0.15, -0.1) is 0 Å². The second kappa shape index (κ2) is 20.1. The van der Waals surface area contributed by atoms with Crippen LogP contribution in [0.15, 0.2) is 84.9 Å². The van der Waals surface area contributed by atoms with Crippen molar-refractivity contribution in [3.05, 3.63) is 129 Å². The molecule has 1 aliphatic carbocycles. The summed E-state index contributed by atoms with van der Waals surface area (Å²) < 4.78 is 0. The van der Waals surface area contributed by atoms with Crippen molar-refractivity contribution in [2.75, 3.05) is 56.4 Å². The average Bonchev–Trinajstić information content (AvgIpc) is 3.35. The Balaban J connectivity index is 0.994. The fraction of sp³-hybridized carbons (Fsp3) is 0.415. The summed E-state index contributed by atoms with van der Waals surface area (Å²) in [5.41, 5.74) is 5.78. The van der Waals surface area contributed by atoms with Crippen LogP contribution in [0.3, 0.4) is 0 Å². The standard InChI is InChI=1S/C53H58N8O5/c1-35-6-12-43(50(64)59-25-18-41(19-26-59)39-14-8-37(32-54)9-15-39)30-45(35)57-49(63)48(61-29-24-56-47(62)34-61)53(22-4-3-5-23-53)52(66)58-46-31-44(13-7-36(46)2)51(65)60-27-20-42(21-28-60)40-16-10-38(33-55)11-17-40/h6-17,30-31,41-42,48H,3-5,18-29,34H2,1-2H3,(H,56,62)(H,57,63)(H,58,66). The van der Waals surface area contributed by atoms with E-state index in [1.165, 1.54) is 5.56 Å². The molecule has 66 heavy (non-hydrogen) atoms. The zero-order valence-corrected chi connectivity index (χ0v) is 37.9. The Morgan fingerprint density at radius 2 is 1.12 bits per heavy atom. The summed E-state index contributed by atoms with van der Waals surface area (Å²) >= 11 is 0. The number of carbonyl (C=O) groups excluding carboxylic acids is 5. The lowest BCUT2D eigenvalue weighted by atomic mass is 9.67. The zero-order valence-electron chi connectivity index (χ0n) is 37.9. The topological polar surface area (TPSA) is 179 Å². The van der Waals surface area contributed by atoms with Crippen molar-refractivity contribution >= 4 is 40.9 Å². The smallest absolute Gasteiger partial charge is 0.253 e. The van der Waals surface area contributed by atoms with Gasteiger partial charge in [0.2, 0.25) is 17.7 Å². The summed E-state index contributed by atoms with van der Waals surface area (Å²) in [7, 11) is 0. The minimum atomic E-state index is -1.21. The third-order valence-corrected chi connectivity index (χ3v) is 14.5. The number of amides is 5. The number of benzene rings is 4. The lowest BCUT2D eigenvalue weighted by Crippen LogP contribution is -2.64. The molecule has 4 aliphatic rings. The van der Waals surface area contributed by atoms with Gasteiger partial charge in [0.15, 0.2) is 0 Å². The Hall–Kier alpha value is -6.83.